The normalized spacial score (nSPS) is 12.2. The van der Waals surface area contributed by atoms with Crippen molar-refractivity contribution in [2.24, 2.45) is 0 Å². The van der Waals surface area contributed by atoms with Gasteiger partial charge in [0.15, 0.2) is 6.29 Å². The van der Waals surface area contributed by atoms with Crippen LogP contribution in [0.5, 0.6) is 11.5 Å². The molecule has 2 N–H and O–H groups in total. The van der Waals surface area contributed by atoms with Crippen LogP contribution in [-0.2, 0) is 10.3 Å². The summed E-state index contributed by atoms with van der Waals surface area (Å²) >= 11 is 4.70. The molecular formula is C26H49NO5S3. The number of thiophene rings is 2. The smallest absolute Gasteiger partial charge is 0.163 e. The number of methoxy groups -OCH3 is 1. The van der Waals surface area contributed by atoms with Crippen molar-refractivity contribution in [2.75, 3.05) is 34.0 Å². The third kappa shape index (κ3) is 15.6. The highest BCUT2D eigenvalue weighted by Gasteiger charge is 2.41. The van der Waals surface area contributed by atoms with Crippen molar-refractivity contribution < 1.29 is 24.1 Å². The molecule has 0 aromatic carbocycles. The molecule has 3 heterocycles. The number of hydrogen-bond acceptors (Lipinski definition) is 9. The number of rotatable bonds is 7. The zero-order valence-corrected chi connectivity index (χ0v) is 26.3. The van der Waals surface area contributed by atoms with Gasteiger partial charge in [-0.2, -0.15) is 0 Å². The van der Waals surface area contributed by atoms with Gasteiger partial charge in [-0.25, -0.2) is 0 Å². The highest BCUT2D eigenvalue weighted by molar-refractivity contribution is 7.97. The molecule has 0 unspecified atom stereocenters. The summed E-state index contributed by atoms with van der Waals surface area (Å²) in [4.78, 5) is 13.0. The predicted octanol–water partition coefficient (Wildman–Crippen LogP) is 7.58. The van der Waals surface area contributed by atoms with E-state index in [1.807, 2.05) is 73.9 Å². The molecule has 1 saturated heterocycles. The van der Waals surface area contributed by atoms with Crippen LogP contribution in [0.3, 0.4) is 0 Å². The molecule has 1 fully saturated rings. The minimum atomic E-state index is -0.801. The summed E-state index contributed by atoms with van der Waals surface area (Å²) in [6.45, 7) is 21.6. The van der Waals surface area contributed by atoms with Crippen LogP contribution >= 0.6 is 34.6 Å². The van der Waals surface area contributed by atoms with Gasteiger partial charge in [0, 0.05) is 10.1 Å². The maximum absolute atomic E-state index is 10.3. The van der Waals surface area contributed by atoms with Gasteiger partial charge in [-0.3, -0.25) is 9.52 Å². The van der Waals surface area contributed by atoms with E-state index in [-0.39, 0.29) is 0 Å². The van der Waals surface area contributed by atoms with E-state index in [4.69, 9.17) is 14.2 Å². The minimum Gasteiger partial charge on any atom is -0.495 e. The van der Waals surface area contributed by atoms with Gasteiger partial charge >= 0.3 is 0 Å². The summed E-state index contributed by atoms with van der Waals surface area (Å²) in [5.41, 5.74) is -0.801. The molecule has 0 spiro atoms. The van der Waals surface area contributed by atoms with Gasteiger partial charge in [0.2, 0.25) is 0 Å². The number of nitrogens with one attached hydrogen (secondary N) is 1. The van der Waals surface area contributed by atoms with E-state index in [9.17, 15) is 9.90 Å². The Hall–Kier alpha value is -1.10. The Bertz CT molecular complexity index is 728. The zero-order chi connectivity index (χ0) is 27.9. The van der Waals surface area contributed by atoms with E-state index >= 15 is 0 Å². The molecule has 0 bridgehead atoms. The zero-order valence-electron chi connectivity index (χ0n) is 23.8. The molecule has 35 heavy (non-hydrogen) atoms. The van der Waals surface area contributed by atoms with E-state index in [0.29, 0.717) is 35.7 Å². The number of ether oxygens (including phenoxy) is 3. The molecule has 6 nitrogen and oxygen atoms in total. The Morgan fingerprint density at radius 3 is 2.11 bits per heavy atom. The molecule has 0 saturated carbocycles. The molecule has 2 aromatic heterocycles. The van der Waals surface area contributed by atoms with Crippen molar-refractivity contribution in [1.29, 1.82) is 0 Å². The first-order valence-corrected chi connectivity index (χ1v) is 14.8. The van der Waals surface area contributed by atoms with Crippen LogP contribution in [0, 0.1) is 6.92 Å². The third-order valence-electron chi connectivity index (χ3n) is 3.56. The SMILES string of the molecule is CC.CC.CC.CCOc1ccsc1C=O.CNSC(C)C.COc1cc(C)sc1C1(O)COC1. The number of aliphatic hydroxyl groups is 1. The van der Waals surface area contributed by atoms with E-state index in [0.717, 1.165) is 21.8 Å². The second-order valence-corrected chi connectivity index (χ2v) is 10.1. The molecule has 206 valence electrons. The highest BCUT2D eigenvalue weighted by Crippen LogP contribution is 2.41. The van der Waals surface area contributed by atoms with Crippen LogP contribution < -0.4 is 14.2 Å². The van der Waals surface area contributed by atoms with Gasteiger partial charge in [0.25, 0.3) is 0 Å². The topological polar surface area (TPSA) is 77.0 Å². The van der Waals surface area contributed by atoms with Crippen molar-refractivity contribution in [3.05, 3.63) is 32.1 Å². The van der Waals surface area contributed by atoms with Crippen molar-refractivity contribution in [3.8, 4) is 11.5 Å². The van der Waals surface area contributed by atoms with Crippen LogP contribution in [-0.4, -0.2) is 50.6 Å². The van der Waals surface area contributed by atoms with E-state index in [1.54, 1.807) is 36.5 Å². The van der Waals surface area contributed by atoms with Crippen LogP contribution in [0.25, 0.3) is 0 Å². The Labute approximate surface area is 226 Å². The molecule has 3 rings (SSSR count). The van der Waals surface area contributed by atoms with Crippen LogP contribution in [0.1, 0.15) is 81.7 Å². The summed E-state index contributed by atoms with van der Waals surface area (Å²) in [5.74, 6) is 1.47. The number of hydrogen-bond donors (Lipinski definition) is 2. The fourth-order valence-electron chi connectivity index (χ4n) is 2.30. The Kier molecular flexibility index (Phi) is 27.0. The first-order valence-electron chi connectivity index (χ1n) is 12.2. The second-order valence-electron chi connectivity index (χ2n) is 6.35. The van der Waals surface area contributed by atoms with Crippen molar-refractivity contribution in [3.63, 3.8) is 0 Å². The maximum atomic E-state index is 10.3. The van der Waals surface area contributed by atoms with Crippen LogP contribution in [0.4, 0.5) is 0 Å². The quantitative estimate of drug-likeness (QED) is 0.271. The Morgan fingerprint density at radius 2 is 1.77 bits per heavy atom. The second kappa shape index (κ2) is 24.6. The number of carbonyl (C=O) groups excluding carboxylic acids is 1. The number of aldehydes is 1. The van der Waals surface area contributed by atoms with Crippen LogP contribution in [0.15, 0.2) is 17.5 Å². The summed E-state index contributed by atoms with van der Waals surface area (Å²) in [5, 5.41) is 12.6. The highest BCUT2D eigenvalue weighted by atomic mass is 32.2. The lowest BCUT2D eigenvalue weighted by molar-refractivity contribution is -0.183. The average Bonchev–Trinajstić information content (AvgIpc) is 3.48. The molecule has 0 aliphatic carbocycles. The fraction of sp³-hybridized carbons (Fsp3) is 0.654. The lowest BCUT2D eigenvalue weighted by Gasteiger charge is -2.35. The predicted molar refractivity (Wildman–Crippen MR) is 157 cm³/mol. The number of aryl methyl sites for hydroxylation is 1. The van der Waals surface area contributed by atoms with E-state index in [2.05, 4.69) is 18.6 Å². The standard InChI is InChI=1S/C9H12O3S.C7H8O2S.C4H11NS.3C2H6/c1-6-3-7(11-2)8(13-6)9(10)4-12-5-9;1-2-9-6-3-4-10-7(6)5-8;1-4(2)6-5-3;3*1-2/h3,10H,4-5H2,1-2H3;3-5H,2H2,1H3;4-5H,1-3H3;3*1-2H3. The average molecular weight is 552 g/mol. The first kappa shape index (κ1) is 38.4. The van der Waals surface area contributed by atoms with E-state index < -0.39 is 5.60 Å². The van der Waals surface area contributed by atoms with Crippen molar-refractivity contribution >= 4 is 40.9 Å². The van der Waals surface area contributed by atoms with Gasteiger partial charge in [-0.1, -0.05) is 67.3 Å². The fourth-order valence-corrected chi connectivity index (χ4v) is 4.45. The maximum Gasteiger partial charge on any atom is 0.163 e. The summed E-state index contributed by atoms with van der Waals surface area (Å²) in [7, 11) is 3.55. The van der Waals surface area contributed by atoms with Crippen LogP contribution in [0.2, 0.25) is 0 Å². The molecule has 1 aliphatic heterocycles. The van der Waals surface area contributed by atoms with Gasteiger partial charge in [-0.15, -0.1) is 22.7 Å². The first-order chi connectivity index (χ1) is 16.8. The van der Waals surface area contributed by atoms with Gasteiger partial charge in [0.1, 0.15) is 22.0 Å². The lowest BCUT2D eigenvalue weighted by Crippen LogP contribution is -2.46. The summed E-state index contributed by atoms with van der Waals surface area (Å²) in [6.07, 6.45) is 0.815. The van der Waals surface area contributed by atoms with E-state index in [1.165, 1.54) is 11.3 Å². The molecule has 1 aliphatic rings. The molecular weight excluding hydrogens is 502 g/mol. The van der Waals surface area contributed by atoms with Gasteiger partial charge in [-0.05, 0) is 38.4 Å². The molecule has 0 radical (unpaired) electrons. The number of carbonyl (C=O) groups is 1. The van der Waals surface area contributed by atoms with Gasteiger partial charge in [0.05, 0.1) is 31.8 Å². The Balaban J connectivity index is -0.000000416. The lowest BCUT2D eigenvalue weighted by atomic mass is 10.00. The molecule has 0 amide bonds. The summed E-state index contributed by atoms with van der Waals surface area (Å²) in [6, 6.07) is 3.74. The minimum absolute atomic E-state index is 0.378. The summed E-state index contributed by atoms with van der Waals surface area (Å²) < 4.78 is 18.3. The van der Waals surface area contributed by atoms with Gasteiger partial charge < -0.3 is 19.3 Å². The third-order valence-corrected chi connectivity index (χ3v) is 6.32. The molecule has 9 heteroatoms. The van der Waals surface area contributed by atoms with Crippen molar-refractivity contribution in [1.82, 2.24) is 4.72 Å². The largest absolute Gasteiger partial charge is 0.495 e. The molecule has 2 aromatic rings. The monoisotopic (exact) mass is 551 g/mol. The molecule has 0 atom stereocenters. The Morgan fingerprint density at radius 1 is 1.20 bits per heavy atom. The van der Waals surface area contributed by atoms with Crippen molar-refractivity contribution in [2.45, 2.75) is 80.1 Å².